The van der Waals surface area contributed by atoms with Crippen molar-refractivity contribution in [2.75, 3.05) is 6.26 Å². The van der Waals surface area contributed by atoms with Gasteiger partial charge < -0.3 is 0 Å². The monoisotopic (exact) mass is 283 g/mol. The summed E-state index contributed by atoms with van der Waals surface area (Å²) in [6.45, 7) is 0.304. The molecular formula is C13H21N3O2S. The van der Waals surface area contributed by atoms with Gasteiger partial charge in [-0.2, -0.15) is 5.10 Å². The average Bonchev–Trinajstić information content (AvgIpc) is 2.90. The van der Waals surface area contributed by atoms with Gasteiger partial charge in [0.1, 0.15) is 0 Å². The zero-order valence-electron chi connectivity index (χ0n) is 11.3. The van der Waals surface area contributed by atoms with Crippen molar-refractivity contribution in [3.05, 3.63) is 17.5 Å². The predicted molar refractivity (Wildman–Crippen MR) is 73.4 cm³/mol. The molecule has 1 heterocycles. The van der Waals surface area contributed by atoms with E-state index in [1.807, 2.05) is 0 Å². The highest BCUT2D eigenvalue weighted by atomic mass is 32.2. The molecule has 0 atom stereocenters. The van der Waals surface area contributed by atoms with E-state index in [0.717, 1.165) is 5.69 Å². The van der Waals surface area contributed by atoms with Crippen LogP contribution in [0.5, 0.6) is 0 Å². The van der Waals surface area contributed by atoms with Gasteiger partial charge in [0.25, 0.3) is 0 Å². The number of hydrogen-bond donors (Lipinski definition) is 1. The maximum absolute atomic E-state index is 11.2. The van der Waals surface area contributed by atoms with E-state index in [-0.39, 0.29) is 0 Å². The molecular weight excluding hydrogens is 262 g/mol. The third kappa shape index (κ3) is 3.17. The van der Waals surface area contributed by atoms with Crippen molar-refractivity contribution < 1.29 is 8.42 Å². The Balaban J connectivity index is 1.80. The van der Waals surface area contributed by atoms with Gasteiger partial charge in [0.15, 0.2) is 0 Å². The van der Waals surface area contributed by atoms with Gasteiger partial charge in [-0.05, 0) is 31.7 Å². The van der Waals surface area contributed by atoms with Crippen LogP contribution in [0.1, 0.15) is 61.9 Å². The summed E-state index contributed by atoms with van der Waals surface area (Å²) in [5, 5.41) is 4.65. The van der Waals surface area contributed by atoms with Crippen LogP contribution in [0, 0.1) is 0 Å². The molecule has 0 bridgehead atoms. The Morgan fingerprint density at radius 1 is 1.32 bits per heavy atom. The summed E-state index contributed by atoms with van der Waals surface area (Å²) in [6, 6.07) is 2.62. The standard InChI is InChI=1S/C13H21N3O2S/c1-19(17,18)14-9-11-8-13(10-6-7-10)16(15-11)12-4-2-3-5-12/h8,10,12,14H,2-7,9H2,1H3. The second-order valence-electron chi connectivity index (χ2n) is 5.81. The highest BCUT2D eigenvalue weighted by Gasteiger charge is 2.31. The van der Waals surface area contributed by atoms with Crippen LogP contribution in [0.3, 0.4) is 0 Å². The topological polar surface area (TPSA) is 64.0 Å². The van der Waals surface area contributed by atoms with Crippen molar-refractivity contribution in [1.82, 2.24) is 14.5 Å². The van der Waals surface area contributed by atoms with Crippen molar-refractivity contribution in [3.63, 3.8) is 0 Å². The third-order valence-corrected chi connectivity index (χ3v) is 4.67. The van der Waals surface area contributed by atoms with E-state index in [0.29, 0.717) is 18.5 Å². The van der Waals surface area contributed by atoms with Gasteiger partial charge in [0, 0.05) is 11.6 Å². The molecule has 6 heteroatoms. The lowest BCUT2D eigenvalue weighted by Gasteiger charge is -2.13. The van der Waals surface area contributed by atoms with Gasteiger partial charge in [0.2, 0.25) is 10.0 Å². The first-order chi connectivity index (χ1) is 9.03. The second kappa shape index (κ2) is 4.90. The zero-order chi connectivity index (χ0) is 13.5. The molecule has 0 saturated heterocycles. The van der Waals surface area contributed by atoms with Gasteiger partial charge in [-0.1, -0.05) is 12.8 Å². The van der Waals surface area contributed by atoms with E-state index in [1.165, 1.54) is 50.5 Å². The Hall–Kier alpha value is -0.880. The van der Waals surface area contributed by atoms with E-state index in [9.17, 15) is 8.42 Å². The summed E-state index contributed by atoms with van der Waals surface area (Å²) in [6.07, 6.45) is 8.66. The summed E-state index contributed by atoms with van der Waals surface area (Å²) in [5.41, 5.74) is 2.16. The van der Waals surface area contributed by atoms with Crippen LogP contribution in [0.25, 0.3) is 0 Å². The molecule has 1 N–H and O–H groups in total. The molecule has 5 nitrogen and oxygen atoms in total. The third-order valence-electron chi connectivity index (χ3n) is 4.00. The Kier molecular flexibility index (Phi) is 3.39. The number of aromatic nitrogens is 2. The minimum Gasteiger partial charge on any atom is -0.266 e. The van der Waals surface area contributed by atoms with Crippen molar-refractivity contribution in [1.29, 1.82) is 0 Å². The number of hydrogen-bond acceptors (Lipinski definition) is 3. The molecule has 1 aromatic heterocycles. The van der Waals surface area contributed by atoms with Crippen molar-refractivity contribution in [3.8, 4) is 0 Å². The second-order valence-corrected chi connectivity index (χ2v) is 7.64. The Morgan fingerprint density at radius 2 is 2.00 bits per heavy atom. The molecule has 2 aliphatic rings. The van der Waals surface area contributed by atoms with Crippen molar-refractivity contribution >= 4 is 10.0 Å². The molecule has 0 aliphatic heterocycles. The highest BCUT2D eigenvalue weighted by Crippen LogP contribution is 2.43. The fraction of sp³-hybridized carbons (Fsp3) is 0.769. The van der Waals surface area contributed by atoms with Crippen LogP contribution < -0.4 is 4.72 Å². The van der Waals surface area contributed by atoms with Crippen LogP contribution in [0.2, 0.25) is 0 Å². The zero-order valence-corrected chi connectivity index (χ0v) is 12.1. The Morgan fingerprint density at radius 3 is 2.58 bits per heavy atom. The smallest absolute Gasteiger partial charge is 0.209 e. The maximum Gasteiger partial charge on any atom is 0.209 e. The van der Waals surface area contributed by atoms with Gasteiger partial charge >= 0.3 is 0 Å². The maximum atomic E-state index is 11.2. The lowest BCUT2D eigenvalue weighted by Crippen LogP contribution is -2.21. The first kappa shape index (κ1) is 13.1. The van der Waals surface area contributed by atoms with E-state index in [1.54, 1.807) is 0 Å². The lowest BCUT2D eigenvalue weighted by atomic mass is 10.2. The fourth-order valence-corrected chi connectivity index (χ4v) is 3.29. The molecule has 0 amide bonds. The van der Waals surface area contributed by atoms with Gasteiger partial charge in [-0.25, -0.2) is 13.1 Å². The quantitative estimate of drug-likeness (QED) is 0.898. The van der Waals surface area contributed by atoms with E-state index in [4.69, 9.17) is 0 Å². The van der Waals surface area contributed by atoms with Crippen molar-refractivity contribution in [2.45, 2.75) is 57.0 Å². The minimum absolute atomic E-state index is 0.304. The average molecular weight is 283 g/mol. The molecule has 0 radical (unpaired) electrons. The molecule has 2 aliphatic carbocycles. The number of nitrogens with zero attached hydrogens (tertiary/aromatic N) is 2. The normalized spacial score (nSPS) is 21.1. The Labute approximate surface area is 114 Å². The molecule has 0 unspecified atom stereocenters. The summed E-state index contributed by atoms with van der Waals surface area (Å²) < 4.78 is 27.0. The first-order valence-corrected chi connectivity index (χ1v) is 8.95. The molecule has 19 heavy (non-hydrogen) atoms. The summed E-state index contributed by atoms with van der Waals surface area (Å²) in [4.78, 5) is 0. The summed E-state index contributed by atoms with van der Waals surface area (Å²) in [7, 11) is -3.15. The number of sulfonamides is 1. The van der Waals surface area contributed by atoms with Crippen LogP contribution in [-0.4, -0.2) is 24.5 Å². The molecule has 2 saturated carbocycles. The molecule has 1 aromatic rings. The van der Waals surface area contributed by atoms with Crippen LogP contribution >= 0.6 is 0 Å². The number of nitrogens with one attached hydrogen (secondary N) is 1. The molecule has 106 valence electrons. The molecule has 0 aromatic carbocycles. The lowest BCUT2D eigenvalue weighted by molar-refractivity contribution is 0.446. The molecule has 2 fully saturated rings. The highest BCUT2D eigenvalue weighted by molar-refractivity contribution is 7.88. The van der Waals surface area contributed by atoms with Crippen molar-refractivity contribution in [2.24, 2.45) is 0 Å². The van der Waals surface area contributed by atoms with Crippen LogP contribution in [0.4, 0.5) is 0 Å². The molecule has 0 spiro atoms. The van der Waals surface area contributed by atoms with Crippen LogP contribution in [0.15, 0.2) is 6.07 Å². The fourth-order valence-electron chi connectivity index (χ4n) is 2.88. The van der Waals surface area contributed by atoms with E-state index < -0.39 is 10.0 Å². The van der Waals surface area contributed by atoms with Gasteiger partial charge in [-0.15, -0.1) is 0 Å². The summed E-state index contributed by atoms with van der Waals surface area (Å²) in [5.74, 6) is 0.653. The summed E-state index contributed by atoms with van der Waals surface area (Å²) >= 11 is 0. The van der Waals surface area contributed by atoms with E-state index >= 15 is 0 Å². The molecule has 3 rings (SSSR count). The van der Waals surface area contributed by atoms with E-state index in [2.05, 4.69) is 20.6 Å². The van der Waals surface area contributed by atoms with Gasteiger partial charge in [-0.3, -0.25) is 4.68 Å². The minimum atomic E-state index is -3.15. The van der Waals surface area contributed by atoms with Gasteiger partial charge in [0.05, 0.1) is 24.5 Å². The Bertz CT molecular complexity index is 554. The number of rotatable bonds is 5. The van der Waals surface area contributed by atoms with Crippen LogP contribution in [-0.2, 0) is 16.6 Å². The SMILES string of the molecule is CS(=O)(=O)NCc1cc(C2CC2)n(C2CCCC2)n1. The first-order valence-electron chi connectivity index (χ1n) is 7.06. The predicted octanol–water partition coefficient (Wildman–Crippen LogP) is 1.92. The largest absolute Gasteiger partial charge is 0.266 e.